The molecule has 0 radical (unpaired) electrons. The van der Waals surface area contributed by atoms with E-state index < -0.39 is 10.0 Å². The maximum absolute atomic E-state index is 11.6. The Kier molecular flexibility index (Phi) is 3.70. The molecule has 1 heterocycles. The van der Waals surface area contributed by atoms with Crippen LogP contribution in [-0.2, 0) is 10.0 Å². The van der Waals surface area contributed by atoms with Gasteiger partial charge in [-0.1, -0.05) is 0 Å². The van der Waals surface area contributed by atoms with Crippen molar-refractivity contribution in [1.29, 1.82) is 0 Å². The van der Waals surface area contributed by atoms with Crippen LogP contribution < -0.4 is 0 Å². The van der Waals surface area contributed by atoms with Crippen LogP contribution in [0, 0.1) is 0 Å². The van der Waals surface area contributed by atoms with Crippen molar-refractivity contribution in [3.05, 3.63) is 0 Å². The van der Waals surface area contributed by atoms with Crippen LogP contribution in [0.1, 0.15) is 26.2 Å². The molecule has 1 aliphatic heterocycles. The molecule has 1 rings (SSSR count). The third-order valence-corrected chi connectivity index (χ3v) is 4.47. The predicted molar refractivity (Wildman–Crippen MR) is 50.9 cm³/mol. The highest BCUT2D eigenvalue weighted by atomic mass is 32.2. The average molecular weight is 207 g/mol. The molecular formula is C8H17NO3S. The standard InChI is InChI=1S/C8H17NO3S/c1-8-4-2-5-9(8)13(11,12)7-3-6-10/h8,10H,2-7H2,1H3. The van der Waals surface area contributed by atoms with E-state index >= 15 is 0 Å². The van der Waals surface area contributed by atoms with Crippen molar-refractivity contribution in [2.24, 2.45) is 0 Å². The summed E-state index contributed by atoms with van der Waals surface area (Å²) >= 11 is 0. The van der Waals surface area contributed by atoms with E-state index in [1.165, 1.54) is 0 Å². The maximum atomic E-state index is 11.6. The van der Waals surface area contributed by atoms with Crippen LogP contribution in [0.3, 0.4) is 0 Å². The van der Waals surface area contributed by atoms with Gasteiger partial charge in [-0.05, 0) is 26.2 Å². The molecule has 4 nitrogen and oxygen atoms in total. The van der Waals surface area contributed by atoms with E-state index in [0.717, 1.165) is 12.8 Å². The number of aliphatic hydroxyl groups excluding tert-OH is 1. The average Bonchev–Trinajstić information content (AvgIpc) is 2.48. The number of nitrogens with zero attached hydrogens (tertiary/aromatic N) is 1. The van der Waals surface area contributed by atoms with Gasteiger partial charge in [-0.2, -0.15) is 4.31 Å². The Balaban J connectivity index is 2.58. The summed E-state index contributed by atoms with van der Waals surface area (Å²) in [5.74, 6) is 0.0772. The Hall–Kier alpha value is -0.130. The first kappa shape index (κ1) is 10.9. The van der Waals surface area contributed by atoms with Crippen LogP contribution in [0.15, 0.2) is 0 Å². The molecule has 1 saturated heterocycles. The Morgan fingerprint density at radius 2 is 2.23 bits per heavy atom. The minimum atomic E-state index is -3.10. The zero-order chi connectivity index (χ0) is 9.90. The van der Waals surface area contributed by atoms with Crippen LogP contribution in [0.2, 0.25) is 0 Å². The Bertz CT molecular complexity index is 250. The summed E-state index contributed by atoms with van der Waals surface area (Å²) < 4.78 is 24.8. The second-order valence-electron chi connectivity index (χ2n) is 3.50. The summed E-state index contributed by atoms with van der Waals surface area (Å²) in [6, 6.07) is 0.142. The van der Waals surface area contributed by atoms with E-state index in [1.54, 1.807) is 4.31 Å². The fraction of sp³-hybridized carbons (Fsp3) is 1.00. The zero-order valence-corrected chi connectivity index (χ0v) is 8.76. The summed E-state index contributed by atoms with van der Waals surface area (Å²) in [5, 5.41) is 8.56. The third kappa shape index (κ3) is 2.65. The SMILES string of the molecule is CC1CCCN1S(=O)(=O)CCCO. The molecule has 0 saturated carbocycles. The van der Waals surface area contributed by atoms with Gasteiger partial charge in [-0.25, -0.2) is 8.42 Å². The van der Waals surface area contributed by atoms with Gasteiger partial charge in [0.05, 0.1) is 5.75 Å². The molecule has 1 aliphatic rings. The Labute approximate surface area is 79.6 Å². The van der Waals surface area contributed by atoms with Crippen molar-refractivity contribution >= 4 is 10.0 Å². The van der Waals surface area contributed by atoms with Gasteiger partial charge >= 0.3 is 0 Å². The van der Waals surface area contributed by atoms with Crippen LogP contribution in [0.25, 0.3) is 0 Å². The molecule has 5 heteroatoms. The smallest absolute Gasteiger partial charge is 0.214 e. The summed E-state index contributed by atoms with van der Waals surface area (Å²) in [7, 11) is -3.10. The van der Waals surface area contributed by atoms with Gasteiger partial charge in [0.15, 0.2) is 0 Å². The molecule has 0 bridgehead atoms. The Morgan fingerprint density at radius 1 is 1.54 bits per heavy atom. The lowest BCUT2D eigenvalue weighted by Crippen LogP contribution is -2.35. The molecule has 78 valence electrons. The highest BCUT2D eigenvalue weighted by Crippen LogP contribution is 2.20. The molecule has 0 aromatic heterocycles. The lowest BCUT2D eigenvalue weighted by atomic mass is 10.3. The molecule has 0 aromatic carbocycles. The van der Waals surface area contributed by atoms with Crippen LogP contribution in [0.5, 0.6) is 0 Å². The molecule has 1 N–H and O–H groups in total. The topological polar surface area (TPSA) is 57.6 Å². The largest absolute Gasteiger partial charge is 0.396 e. The van der Waals surface area contributed by atoms with Crippen LogP contribution in [0.4, 0.5) is 0 Å². The first-order chi connectivity index (χ1) is 6.08. The van der Waals surface area contributed by atoms with Crippen molar-refractivity contribution < 1.29 is 13.5 Å². The van der Waals surface area contributed by atoms with Gasteiger partial charge in [-0.3, -0.25) is 0 Å². The van der Waals surface area contributed by atoms with Crippen molar-refractivity contribution in [2.75, 3.05) is 18.9 Å². The quantitative estimate of drug-likeness (QED) is 0.715. The van der Waals surface area contributed by atoms with Crippen LogP contribution >= 0.6 is 0 Å². The molecule has 0 spiro atoms. The van der Waals surface area contributed by atoms with Gasteiger partial charge in [0.1, 0.15) is 0 Å². The van der Waals surface area contributed by atoms with Gasteiger partial charge in [0.25, 0.3) is 0 Å². The normalized spacial score (nSPS) is 25.2. The fourth-order valence-corrected chi connectivity index (χ4v) is 3.47. The molecule has 0 aliphatic carbocycles. The molecule has 13 heavy (non-hydrogen) atoms. The van der Waals surface area contributed by atoms with Crippen molar-refractivity contribution in [1.82, 2.24) is 4.31 Å². The number of hydrogen-bond donors (Lipinski definition) is 1. The number of hydrogen-bond acceptors (Lipinski definition) is 3. The lowest BCUT2D eigenvalue weighted by Gasteiger charge is -2.20. The number of rotatable bonds is 4. The third-order valence-electron chi connectivity index (χ3n) is 2.41. The van der Waals surface area contributed by atoms with E-state index in [-0.39, 0.29) is 18.4 Å². The van der Waals surface area contributed by atoms with Gasteiger partial charge < -0.3 is 5.11 Å². The molecule has 1 atom stereocenters. The van der Waals surface area contributed by atoms with Gasteiger partial charge in [-0.15, -0.1) is 0 Å². The second kappa shape index (κ2) is 4.39. The number of sulfonamides is 1. The molecule has 0 amide bonds. The molecular weight excluding hydrogens is 190 g/mol. The zero-order valence-electron chi connectivity index (χ0n) is 7.94. The van der Waals surface area contributed by atoms with Gasteiger partial charge in [0.2, 0.25) is 10.0 Å². The van der Waals surface area contributed by atoms with Crippen molar-refractivity contribution in [2.45, 2.75) is 32.2 Å². The van der Waals surface area contributed by atoms with E-state index in [0.29, 0.717) is 13.0 Å². The minimum Gasteiger partial charge on any atom is -0.396 e. The predicted octanol–water partition coefficient (Wildman–Crippen LogP) is 0.183. The van der Waals surface area contributed by atoms with Crippen molar-refractivity contribution in [3.8, 4) is 0 Å². The second-order valence-corrected chi connectivity index (χ2v) is 5.54. The summed E-state index contributed by atoms with van der Waals surface area (Å²) in [5.41, 5.74) is 0. The van der Waals surface area contributed by atoms with E-state index in [9.17, 15) is 8.42 Å². The first-order valence-electron chi connectivity index (χ1n) is 4.68. The lowest BCUT2D eigenvalue weighted by molar-refractivity contribution is 0.293. The van der Waals surface area contributed by atoms with E-state index in [4.69, 9.17) is 5.11 Å². The number of aliphatic hydroxyl groups is 1. The minimum absolute atomic E-state index is 0.0541. The summed E-state index contributed by atoms with van der Waals surface area (Å²) in [6.45, 7) is 2.53. The van der Waals surface area contributed by atoms with E-state index in [1.807, 2.05) is 6.92 Å². The highest BCUT2D eigenvalue weighted by Gasteiger charge is 2.30. The monoisotopic (exact) mass is 207 g/mol. The molecule has 1 fully saturated rings. The molecule has 1 unspecified atom stereocenters. The van der Waals surface area contributed by atoms with Crippen molar-refractivity contribution in [3.63, 3.8) is 0 Å². The highest BCUT2D eigenvalue weighted by molar-refractivity contribution is 7.89. The van der Waals surface area contributed by atoms with Crippen LogP contribution in [-0.4, -0.2) is 42.8 Å². The first-order valence-corrected chi connectivity index (χ1v) is 6.29. The van der Waals surface area contributed by atoms with E-state index in [2.05, 4.69) is 0 Å². The fourth-order valence-electron chi connectivity index (χ4n) is 1.68. The summed E-state index contributed by atoms with van der Waals surface area (Å²) in [6.07, 6.45) is 2.25. The maximum Gasteiger partial charge on any atom is 0.214 e. The summed E-state index contributed by atoms with van der Waals surface area (Å²) in [4.78, 5) is 0. The molecule has 0 aromatic rings. The van der Waals surface area contributed by atoms with Gasteiger partial charge in [0, 0.05) is 19.2 Å². The Morgan fingerprint density at radius 3 is 2.69 bits per heavy atom.